The zero-order chi connectivity index (χ0) is 5.82. The molecule has 1 radical (unpaired) electrons. The van der Waals surface area contributed by atoms with Gasteiger partial charge in [0.15, 0.2) is 0 Å². The first-order chi connectivity index (χ1) is 3.93. The molecule has 1 aromatic heterocycles. The van der Waals surface area contributed by atoms with Gasteiger partial charge in [0.05, 0.1) is 0 Å². The molecular formula is C6H7N2Y-. The monoisotopic (exact) mass is 196 g/mol. The van der Waals surface area contributed by atoms with Crippen LogP contribution in [0.2, 0.25) is 0 Å². The molecule has 1 heterocycles. The molecule has 45 valence electrons. The minimum absolute atomic E-state index is 0. The van der Waals surface area contributed by atoms with Crippen LogP contribution in [0.5, 0.6) is 0 Å². The van der Waals surface area contributed by atoms with Crippen molar-refractivity contribution in [2.24, 2.45) is 0 Å². The van der Waals surface area contributed by atoms with Crippen molar-refractivity contribution >= 4 is 0 Å². The van der Waals surface area contributed by atoms with E-state index in [2.05, 4.69) is 16.2 Å². The number of aryl methyl sites for hydroxylation is 1. The summed E-state index contributed by atoms with van der Waals surface area (Å²) in [5, 5.41) is 0. The summed E-state index contributed by atoms with van der Waals surface area (Å²) >= 11 is 0. The van der Waals surface area contributed by atoms with Crippen LogP contribution in [0.4, 0.5) is 0 Å². The Morgan fingerprint density at radius 2 is 2.44 bits per heavy atom. The second-order valence-corrected chi connectivity index (χ2v) is 1.49. The molecule has 0 N–H and O–H groups in total. The average Bonchev–Trinajstić information content (AvgIpc) is 1.90. The van der Waals surface area contributed by atoms with E-state index in [1.807, 2.05) is 6.92 Å². The molecule has 1 rings (SSSR count). The Morgan fingerprint density at radius 1 is 1.67 bits per heavy atom. The van der Waals surface area contributed by atoms with Crippen molar-refractivity contribution in [3.05, 3.63) is 24.3 Å². The topological polar surface area (TPSA) is 25.8 Å². The number of nitrogens with zero attached hydrogens (tertiary/aromatic N) is 2. The molecule has 0 fully saturated rings. The van der Waals surface area contributed by atoms with Crippen LogP contribution >= 0.6 is 0 Å². The Labute approximate surface area is 80.0 Å². The molecule has 0 atom stereocenters. The fourth-order valence-electron chi connectivity index (χ4n) is 0.473. The molecule has 0 saturated carbocycles. The summed E-state index contributed by atoms with van der Waals surface area (Å²) in [6.45, 7) is 2.05. The van der Waals surface area contributed by atoms with Gasteiger partial charge in [0.2, 0.25) is 0 Å². The first-order valence-electron chi connectivity index (χ1n) is 2.60. The van der Waals surface area contributed by atoms with Gasteiger partial charge in [0.25, 0.3) is 0 Å². The van der Waals surface area contributed by atoms with Crippen molar-refractivity contribution in [1.29, 1.82) is 0 Å². The fourth-order valence-corrected chi connectivity index (χ4v) is 0.473. The van der Waals surface area contributed by atoms with Crippen LogP contribution in [0, 0.1) is 6.20 Å². The van der Waals surface area contributed by atoms with Crippen molar-refractivity contribution in [3.8, 4) is 0 Å². The minimum Gasteiger partial charge on any atom is -0.456 e. The van der Waals surface area contributed by atoms with Crippen molar-refractivity contribution in [2.75, 3.05) is 0 Å². The Morgan fingerprint density at radius 3 is 2.78 bits per heavy atom. The fraction of sp³-hybridized carbons (Fsp3) is 0.333. The summed E-state index contributed by atoms with van der Waals surface area (Å²) in [7, 11) is 0. The van der Waals surface area contributed by atoms with Crippen molar-refractivity contribution in [1.82, 2.24) is 9.97 Å². The van der Waals surface area contributed by atoms with Gasteiger partial charge < -0.3 is 4.98 Å². The van der Waals surface area contributed by atoms with Crippen LogP contribution in [0.25, 0.3) is 0 Å². The molecule has 0 unspecified atom stereocenters. The number of rotatable bonds is 1. The smallest absolute Gasteiger partial charge is 0 e. The van der Waals surface area contributed by atoms with E-state index in [1.54, 1.807) is 12.4 Å². The average molecular weight is 196 g/mol. The molecule has 0 saturated heterocycles. The van der Waals surface area contributed by atoms with Gasteiger partial charge in [-0.1, -0.05) is 6.92 Å². The predicted octanol–water partition coefficient (Wildman–Crippen LogP) is 0.837. The molecule has 0 aromatic carbocycles. The van der Waals surface area contributed by atoms with Gasteiger partial charge in [0, 0.05) is 32.7 Å². The van der Waals surface area contributed by atoms with Gasteiger partial charge in [-0.25, -0.2) is 0 Å². The van der Waals surface area contributed by atoms with Crippen LogP contribution in [0.15, 0.2) is 12.4 Å². The Hall–Kier alpha value is 0.184. The molecule has 0 aliphatic heterocycles. The maximum Gasteiger partial charge on any atom is 0 e. The van der Waals surface area contributed by atoms with Crippen molar-refractivity contribution in [3.63, 3.8) is 0 Å². The first-order valence-corrected chi connectivity index (χ1v) is 2.60. The Kier molecular flexibility index (Phi) is 5.11. The largest absolute Gasteiger partial charge is 0.456 e. The summed E-state index contributed by atoms with van der Waals surface area (Å²) in [6, 6.07) is 0. The van der Waals surface area contributed by atoms with Gasteiger partial charge in [-0.05, 0) is 18.3 Å². The van der Waals surface area contributed by atoms with E-state index in [0.717, 1.165) is 12.1 Å². The molecule has 1 aromatic rings. The van der Waals surface area contributed by atoms with Crippen LogP contribution < -0.4 is 0 Å². The molecule has 2 nitrogen and oxygen atoms in total. The third-order valence-corrected chi connectivity index (χ3v) is 0.938. The Balaban J connectivity index is 0.000000640. The van der Waals surface area contributed by atoms with Gasteiger partial charge >= 0.3 is 0 Å². The van der Waals surface area contributed by atoms with Gasteiger partial charge in [-0.15, -0.1) is 12.4 Å². The van der Waals surface area contributed by atoms with E-state index in [1.165, 1.54) is 0 Å². The zero-order valence-electron chi connectivity index (χ0n) is 5.33. The van der Waals surface area contributed by atoms with E-state index >= 15 is 0 Å². The van der Waals surface area contributed by atoms with E-state index < -0.39 is 0 Å². The molecule has 3 heteroatoms. The van der Waals surface area contributed by atoms with Gasteiger partial charge in [0.1, 0.15) is 0 Å². The van der Waals surface area contributed by atoms with E-state index in [9.17, 15) is 0 Å². The normalized spacial score (nSPS) is 8.11. The summed E-state index contributed by atoms with van der Waals surface area (Å²) in [5.41, 5.74) is 1.02. The molecule has 0 aliphatic rings. The summed E-state index contributed by atoms with van der Waals surface area (Å²) < 4.78 is 0. The summed E-state index contributed by atoms with van der Waals surface area (Å²) in [6.07, 6.45) is 6.86. The van der Waals surface area contributed by atoms with E-state index in [4.69, 9.17) is 0 Å². The van der Waals surface area contributed by atoms with Gasteiger partial charge in [-0.2, -0.15) is 0 Å². The molecule has 9 heavy (non-hydrogen) atoms. The molecule has 0 spiro atoms. The van der Waals surface area contributed by atoms with Crippen LogP contribution in [0.1, 0.15) is 12.6 Å². The third kappa shape index (κ3) is 3.02. The van der Waals surface area contributed by atoms with E-state index in [0.29, 0.717) is 0 Å². The first kappa shape index (κ1) is 9.18. The number of aromatic nitrogens is 2. The molecular weight excluding hydrogens is 189 g/mol. The van der Waals surface area contributed by atoms with Crippen LogP contribution in [0.3, 0.4) is 0 Å². The Bertz CT molecular complexity index is 152. The molecule has 0 aliphatic carbocycles. The van der Waals surface area contributed by atoms with Crippen LogP contribution in [-0.2, 0) is 39.1 Å². The van der Waals surface area contributed by atoms with Crippen molar-refractivity contribution < 1.29 is 32.7 Å². The standard InChI is InChI=1S/C6H7N2.Y/c1-2-6-5-7-3-4-8-6;/h4-5H,2H2,1H3;/q-1;. The molecule has 0 amide bonds. The predicted molar refractivity (Wildman–Crippen MR) is 30.2 cm³/mol. The number of hydrogen-bond donors (Lipinski definition) is 0. The minimum atomic E-state index is 0. The third-order valence-electron chi connectivity index (χ3n) is 0.938. The molecule has 0 bridgehead atoms. The quantitative estimate of drug-likeness (QED) is 0.622. The maximum absolute atomic E-state index is 3.98. The number of hydrogen-bond acceptors (Lipinski definition) is 2. The SMILES string of the molecule is CCc1cn[c-]cn1.[Y]. The maximum atomic E-state index is 3.98. The second kappa shape index (κ2) is 5.01. The summed E-state index contributed by atoms with van der Waals surface area (Å²) in [4.78, 5) is 7.75. The summed E-state index contributed by atoms with van der Waals surface area (Å²) in [5.74, 6) is 0. The van der Waals surface area contributed by atoms with Crippen LogP contribution in [-0.4, -0.2) is 9.97 Å². The van der Waals surface area contributed by atoms with E-state index in [-0.39, 0.29) is 32.7 Å². The second-order valence-electron chi connectivity index (χ2n) is 1.49. The zero-order valence-corrected chi connectivity index (χ0v) is 8.17. The van der Waals surface area contributed by atoms with Crippen molar-refractivity contribution in [2.45, 2.75) is 13.3 Å². The van der Waals surface area contributed by atoms with Gasteiger partial charge in [-0.3, -0.25) is 4.98 Å².